The Hall–Kier alpha value is -3.74. The molecule has 6 unspecified atom stereocenters. The van der Waals surface area contributed by atoms with Gasteiger partial charge in [-0.05, 0) is 38.5 Å². The number of esters is 3. The highest BCUT2D eigenvalue weighted by molar-refractivity contribution is 5.78. The van der Waals surface area contributed by atoms with Gasteiger partial charge in [0.25, 0.3) is 0 Å². The van der Waals surface area contributed by atoms with Crippen molar-refractivity contribution in [1.29, 1.82) is 0 Å². The summed E-state index contributed by atoms with van der Waals surface area (Å²) in [4.78, 5) is 84.2. The zero-order valence-corrected chi connectivity index (χ0v) is 75.4. The topological polar surface area (TPSA) is 403 Å². The fourth-order valence-corrected chi connectivity index (χ4v) is 16.7. The molecule has 3 heterocycles. The molecule has 0 aromatic carbocycles. The average molecular weight is 1720 g/mol. The third-order valence-corrected chi connectivity index (χ3v) is 24.2. The summed E-state index contributed by atoms with van der Waals surface area (Å²) in [5.41, 5.74) is 0. The Kier molecular flexibility index (Phi) is 65.6. The normalized spacial score (nSPS) is 24.2. The number of unbranched alkanes of at least 4 members (excludes halogenated alkanes) is 48. The molecule has 704 valence electrons. The first-order valence-corrected chi connectivity index (χ1v) is 48.8. The minimum Gasteiger partial charge on any atom is -0.479 e. The van der Waals surface area contributed by atoms with Gasteiger partial charge in [0, 0.05) is 6.42 Å². The second kappa shape index (κ2) is 71.3. The van der Waals surface area contributed by atoms with Crippen LogP contribution in [0, 0.1) is 0 Å². The highest BCUT2D eigenvalue weighted by atomic mass is 16.8. The lowest BCUT2D eigenvalue weighted by Crippen LogP contribution is -2.69. The van der Waals surface area contributed by atoms with E-state index >= 15 is 0 Å². The number of hydrogen-bond donors (Lipinski definition) is 12. The smallest absolute Gasteiger partial charge is 0.335 e. The molecule has 3 aliphatic heterocycles. The molecule has 0 aromatic rings. The van der Waals surface area contributed by atoms with Gasteiger partial charge in [-0.15, -0.1) is 0 Å². The molecule has 0 saturated carbocycles. The molecule has 2 amide bonds. The number of carbonyl (C=O) groups is 6. The van der Waals surface area contributed by atoms with Gasteiger partial charge in [-0.2, -0.15) is 0 Å². The number of carbonyl (C=O) groups excluding carboxylic acids is 5. The van der Waals surface area contributed by atoms with Crippen molar-refractivity contribution in [2.75, 3.05) is 13.2 Å². The van der Waals surface area contributed by atoms with E-state index in [0.29, 0.717) is 38.5 Å². The maximum absolute atomic E-state index is 15.0. The van der Waals surface area contributed by atoms with Gasteiger partial charge in [0.1, 0.15) is 60.9 Å². The summed E-state index contributed by atoms with van der Waals surface area (Å²) in [6.45, 7) is 9.15. The van der Waals surface area contributed by atoms with Crippen molar-refractivity contribution < 1.29 is 118 Å². The summed E-state index contributed by atoms with van der Waals surface area (Å²) >= 11 is 0. The highest BCUT2D eigenvalue weighted by Crippen LogP contribution is 2.34. The lowest BCUT2D eigenvalue weighted by atomic mass is 9.94. The molecule has 3 saturated heterocycles. The molecule has 19 atom stereocenters. The van der Waals surface area contributed by atoms with Crippen LogP contribution < -0.4 is 10.6 Å². The summed E-state index contributed by atoms with van der Waals surface area (Å²) in [6.07, 6.45) is 24.7. The number of aliphatic hydroxyl groups excluding tert-OH is 9. The van der Waals surface area contributed by atoms with Crippen molar-refractivity contribution >= 4 is 35.7 Å². The van der Waals surface area contributed by atoms with E-state index in [2.05, 4.69) is 45.3 Å². The molecule has 0 aliphatic carbocycles. The van der Waals surface area contributed by atoms with Gasteiger partial charge in [-0.1, -0.05) is 362 Å². The number of nitrogens with one attached hydrogen (secondary N) is 2. The van der Waals surface area contributed by atoms with E-state index in [1.807, 2.05) is 0 Å². The van der Waals surface area contributed by atoms with Crippen LogP contribution in [-0.2, 0) is 66.7 Å². The third kappa shape index (κ3) is 50.6. The highest BCUT2D eigenvalue weighted by Gasteiger charge is 2.55. The molecule has 0 radical (unpaired) electrons. The van der Waals surface area contributed by atoms with E-state index in [1.54, 1.807) is 0 Å². The van der Waals surface area contributed by atoms with E-state index in [4.69, 9.17) is 37.9 Å². The maximum atomic E-state index is 15.0. The predicted molar refractivity (Wildman–Crippen MR) is 464 cm³/mol. The minimum atomic E-state index is -2.22. The van der Waals surface area contributed by atoms with Crippen LogP contribution in [0.2, 0.25) is 0 Å². The molecule has 3 aliphatic rings. The average Bonchev–Trinajstić information content (AvgIpc) is 0.768. The van der Waals surface area contributed by atoms with Gasteiger partial charge in [0.2, 0.25) is 11.8 Å². The van der Waals surface area contributed by atoms with Gasteiger partial charge >= 0.3 is 23.9 Å². The molecular formula is C94H174N2O24. The monoisotopic (exact) mass is 1720 g/mol. The predicted octanol–water partition coefficient (Wildman–Crippen LogP) is 16.1. The second-order valence-corrected chi connectivity index (χ2v) is 35.3. The van der Waals surface area contributed by atoms with Crippen molar-refractivity contribution in [2.45, 2.75) is 549 Å². The van der Waals surface area contributed by atoms with E-state index in [0.717, 1.165) is 167 Å². The summed E-state index contributed by atoms with van der Waals surface area (Å²) in [5.74, 6) is -5.90. The number of rotatable bonds is 78. The van der Waals surface area contributed by atoms with Gasteiger partial charge in [-0.3, -0.25) is 24.0 Å². The quantitative estimate of drug-likeness (QED) is 0.0153. The molecule has 120 heavy (non-hydrogen) atoms. The molecule has 3 rings (SSSR count). The SMILES string of the molecule is CCCCCCCCCCCCCCCC(=O)OC(CCCCCCCCCCCCC)CC(=O)N[C@H]1[C@H](OC[C@H]2OC(OC3O[C@@H](C(=O)O)[C@@H](O)[C@@H](O)[C@@H]3O)[C@H](NC(=O)CC(O)CCCCCCCCCCCCC)[C@@H](OC(=O)CC(O)CCCCCCCCCCC)[C@@H]2O)O[C@H](CO)[C@@H](O)[C@@H]1OC(=O)CC(O)CCCCCCCCCCC. The van der Waals surface area contributed by atoms with E-state index in [1.165, 1.54) is 141 Å². The summed E-state index contributed by atoms with van der Waals surface area (Å²) in [7, 11) is 0. The van der Waals surface area contributed by atoms with E-state index in [9.17, 15) is 79.8 Å². The van der Waals surface area contributed by atoms with Crippen molar-refractivity contribution in [2.24, 2.45) is 0 Å². The first-order valence-electron chi connectivity index (χ1n) is 48.8. The number of carboxylic acid groups (broad SMARTS) is 1. The molecule has 0 spiro atoms. The molecular weight excluding hydrogens is 1540 g/mol. The van der Waals surface area contributed by atoms with E-state index in [-0.39, 0.29) is 25.7 Å². The molecule has 0 aromatic heterocycles. The maximum Gasteiger partial charge on any atom is 0.335 e. The standard InChI is InChI=1S/C94H174N2O24/c1-6-11-16-21-26-31-34-35-38-43-48-53-58-63-78(103)114-73(62-57-52-47-42-37-33-28-23-18-13-8-3)67-77(102)96-81-88(117-79(104)65-71(99)60-55-50-44-39-29-24-19-14-9-4)83(106)74(68-97)115-92(81)113-69-75-84(107)89(118-80(105)66-72(100)61-56-51-45-40-30-25-20-15-10-5)82(93(116-75)120-94-87(110)85(108)86(109)90(119-94)91(111)112)95-76(101)64-70(98)59-54-49-46-41-36-32-27-22-17-12-7-2/h70-75,81-90,92-94,97-100,106-110H,6-69H2,1-5H3,(H,95,101)(H,96,102)(H,111,112)/t70?,71?,72?,73?,74-,75-,81-,82-,83-,84-,85-,86+,87+,88-,89-,90-,92-,93?,94?/m1/s1. The van der Waals surface area contributed by atoms with Crippen molar-refractivity contribution in [3.8, 4) is 0 Å². The number of ether oxygens (including phenoxy) is 8. The van der Waals surface area contributed by atoms with Crippen LogP contribution in [-0.4, -0.2) is 216 Å². The lowest BCUT2D eigenvalue weighted by Gasteiger charge is -2.47. The fourth-order valence-electron chi connectivity index (χ4n) is 16.7. The second-order valence-electron chi connectivity index (χ2n) is 35.3. The van der Waals surface area contributed by atoms with Crippen molar-refractivity contribution in [3.05, 3.63) is 0 Å². The molecule has 0 bridgehead atoms. The van der Waals surface area contributed by atoms with Crippen LogP contribution in [0.3, 0.4) is 0 Å². The van der Waals surface area contributed by atoms with Gasteiger partial charge in [0.15, 0.2) is 37.2 Å². The van der Waals surface area contributed by atoms with E-state index < -0.39 is 191 Å². The number of carboxylic acids is 1. The third-order valence-electron chi connectivity index (χ3n) is 24.2. The fraction of sp³-hybridized carbons (Fsp3) is 0.936. The van der Waals surface area contributed by atoms with Crippen LogP contribution in [0.15, 0.2) is 0 Å². The van der Waals surface area contributed by atoms with Crippen LogP contribution in [0.5, 0.6) is 0 Å². The lowest BCUT2D eigenvalue weighted by molar-refractivity contribution is -0.363. The molecule has 3 fully saturated rings. The van der Waals surface area contributed by atoms with Crippen molar-refractivity contribution in [3.63, 3.8) is 0 Å². The first kappa shape index (κ1) is 110. The Labute approximate surface area is 723 Å². The van der Waals surface area contributed by atoms with Gasteiger partial charge in [-0.25, -0.2) is 4.79 Å². The largest absolute Gasteiger partial charge is 0.479 e. The summed E-state index contributed by atoms with van der Waals surface area (Å²) in [6, 6.07) is -3.53. The zero-order chi connectivity index (χ0) is 87.8. The van der Waals surface area contributed by atoms with Gasteiger partial charge < -0.3 is 99.6 Å². The van der Waals surface area contributed by atoms with Crippen LogP contribution >= 0.6 is 0 Å². The van der Waals surface area contributed by atoms with Gasteiger partial charge in [0.05, 0.1) is 57.2 Å². The minimum absolute atomic E-state index is 0.137. The first-order chi connectivity index (χ1) is 58.1. The van der Waals surface area contributed by atoms with Crippen molar-refractivity contribution in [1.82, 2.24) is 10.6 Å². The molecule has 12 N–H and O–H groups in total. The number of aliphatic carboxylic acids is 1. The summed E-state index contributed by atoms with van der Waals surface area (Å²) in [5, 5.41) is 119. The molecule has 26 heteroatoms. The number of aliphatic hydroxyl groups is 9. The van der Waals surface area contributed by atoms with Crippen LogP contribution in [0.1, 0.15) is 433 Å². The summed E-state index contributed by atoms with van der Waals surface area (Å²) < 4.78 is 49.1. The Bertz CT molecular complexity index is 2540. The zero-order valence-electron chi connectivity index (χ0n) is 75.4. The Morgan fingerprint density at radius 3 is 1.02 bits per heavy atom. The molecule has 26 nitrogen and oxygen atoms in total. The Morgan fingerprint density at radius 1 is 0.333 bits per heavy atom. The van der Waals surface area contributed by atoms with Crippen LogP contribution in [0.25, 0.3) is 0 Å². The Morgan fingerprint density at radius 2 is 0.650 bits per heavy atom. The number of hydrogen-bond acceptors (Lipinski definition) is 23. The Balaban J connectivity index is 2.09. The van der Waals surface area contributed by atoms with Crippen LogP contribution in [0.4, 0.5) is 0 Å². The number of amides is 2.